The van der Waals surface area contributed by atoms with Gasteiger partial charge in [0.2, 0.25) is 0 Å². The molecular formula is C25H29ClF4N4O. The van der Waals surface area contributed by atoms with Gasteiger partial charge in [-0.2, -0.15) is 13.2 Å². The van der Waals surface area contributed by atoms with Crippen LogP contribution in [0.15, 0.2) is 24.3 Å². The van der Waals surface area contributed by atoms with Crippen molar-refractivity contribution < 1.29 is 22.3 Å². The van der Waals surface area contributed by atoms with Gasteiger partial charge in [-0.25, -0.2) is 4.39 Å². The summed E-state index contributed by atoms with van der Waals surface area (Å²) in [6.45, 7) is 4.90. The number of hydrogen-bond donors (Lipinski definition) is 0. The molecule has 5 nitrogen and oxygen atoms in total. The van der Waals surface area contributed by atoms with Crippen LogP contribution in [-0.4, -0.2) is 61.0 Å². The maximum Gasteiger partial charge on any atom is 0.418 e. The zero-order chi connectivity index (χ0) is 24.7. The SMILES string of the molecule is CN(c1cc(C(F)(F)F)c(-c2cc(F)ccc2Cl)nn1)[C@H]1C[C@@H]2CN(CC3CCOCC3)C[C@@H]2C1. The van der Waals surface area contributed by atoms with E-state index in [1.165, 1.54) is 6.07 Å². The molecule has 3 fully saturated rings. The zero-order valence-corrected chi connectivity index (χ0v) is 20.3. The van der Waals surface area contributed by atoms with Crippen LogP contribution >= 0.6 is 11.6 Å². The molecular weight excluding hydrogens is 484 g/mol. The molecule has 1 saturated carbocycles. The van der Waals surface area contributed by atoms with Crippen molar-refractivity contribution in [1.82, 2.24) is 15.1 Å². The molecule has 3 heterocycles. The van der Waals surface area contributed by atoms with Gasteiger partial charge >= 0.3 is 6.18 Å². The lowest BCUT2D eigenvalue weighted by Gasteiger charge is -2.30. The first-order valence-corrected chi connectivity index (χ1v) is 12.5. The lowest BCUT2D eigenvalue weighted by Crippen LogP contribution is -2.35. The molecule has 1 aromatic heterocycles. The Morgan fingerprint density at radius 3 is 2.43 bits per heavy atom. The average Bonchev–Trinajstić information content (AvgIpc) is 3.39. The Hall–Kier alpha value is -1.97. The minimum atomic E-state index is -4.69. The molecule has 2 aromatic rings. The molecule has 1 aromatic carbocycles. The second kappa shape index (κ2) is 9.82. The molecule has 5 rings (SSSR count). The van der Waals surface area contributed by atoms with E-state index in [1.807, 2.05) is 4.90 Å². The van der Waals surface area contributed by atoms with Gasteiger partial charge in [-0.05, 0) is 67.7 Å². The van der Waals surface area contributed by atoms with Crippen molar-refractivity contribution in [2.45, 2.75) is 37.9 Å². The van der Waals surface area contributed by atoms with Gasteiger partial charge in [0.15, 0.2) is 5.82 Å². The number of hydrogen-bond acceptors (Lipinski definition) is 5. The van der Waals surface area contributed by atoms with Gasteiger partial charge < -0.3 is 14.5 Å². The Balaban J connectivity index is 1.30. The van der Waals surface area contributed by atoms with Gasteiger partial charge in [0.05, 0.1) is 10.6 Å². The van der Waals surface area contributed by atoms with Gasteiger partial charge in [-0.3, -0.25) is 0 Å². The van der Waals surface area contributed by atoms with E-state index in [4.69, 9.17) is 16.3 Å². The Kier molecular flexibility index (Phi) is 6.94. The highest BCUT2D eigenvalue weighted by Gasteiger charge is 2.43. The van der Waals surface area contributed by atoms with Gasteiger partial charge in [0.25, 0.3) is 0 Å². The van der Waals surface area contributed by atoms with Crippen LogP contribution in [0.4, 0.5) is 23.4 Å². The molecule has 190 valence electrons. The number of nitrogens with zero attached hydrogens (tertiary/aromatic N) is 4. The van der Waals surface area contributed by atoms with Crippen LogP contribution < -0.4 is 4.90 Å². The lowest BCUT2D eigenvalue weighted by atomic mass is 10.00. The fraction of sp³-hybridized carbons (Fsp3) is 0.600. The van der Waals surface area contributed by atoms with Gasteiger partial charge in [0.1, 0.15) is 11.5 Å². The molecule has 0 spiro atoms. The minimum absolute atomic E-state index is 0.0128. The van der Waals surface area contributed by atoms with Crippen molar-refractivity contribution in [3.63, 3.8) is 0 Å². The Labute approximate surface area is 207 Å². The van der Waals surface area contributed by atoms with Crippen LogP contribution in [0.25, 0.3) is 11.3 Å². The summed E-state index contributed by atoms with van der Waals surface area (Å²) in [5.41, 5.74) is -1.56. The topological polar surface area (TPSA) is 41.5 Å². The van der Waals surface area contributed by atoms with Crippen LogP contribution in [0, 0.1) is 23.6 Å². The number of benzene rings is 1. The summed E-state index contributed by atoms with van der Waals surface area (Å²) < 4.78 is 61.1. The number of aromatic nitrogens is 2. The molecule has 3 atom stereocenters. The maximum absolute atomic E-state index is 14.0. The monoisotopic (exact) mass is 512 g/mol. The Morgan fingerprint density at radius 1 is 1.09 bits per heavy atom. The highest BCUT2D eigenvalue weighted by Crippen LogP contribution is 2.43. The number of alkyl halides is 3. The minimum Gasteiger partial charge on any atom is -0.381 e. The predicted molar refractivity (Wildman–Crippen MR) is 126 cm³/mol. The second-order valence-electron chi connectivity index (χ2n) is 10.1. The van der Waals surface area contributed by atoms with Crippen molar-refractivity contribution >= 4 is 17.4 Å². The van der Waals surface area contributed by atoms with Gasteiger partial charge in [-0.1, -0.05) is 11.6 Å². The third-order valence-electron chi connectivity index (χ3n) is 7.84. The zero-order valence-electron chi connectivity index (χ0n) is 19.6. The van der Waals surface area contributed by atoms with Crippen LogP contribution in [0.2, 0.25) is 5.02 Å². The summed E-state index contributed by atoms with van der Waals surface area (Å²) in [6.07, 6.45) is -0.603. The largest absolute Gasteiger partial charge is 0.418 e. The number of halogens is 5. The van der Waals surface area contributed by atoms with Crippen molar-refractivity contribution in [3.8, 4) is 11.3 Å². The maximum atomic E-state index is 14.0. The molecule has 0 bridgehead atoms. The number of fused-ring (bicyclic) bond motifs is 1. The molecule has 3 aliphatic rings. The molecule has 2 saturated heterocycles. The summed E-state index contributed by atoms with van der Waals surface area (Å²) >= 11 is 6.06. The van der Waals surface area contributed by atoms with E-state index in [1.54, 1.807) is 7.05 Å². The second-order valence-corrected chi connectivity index (χ2v) is 10.5. The lowest BCUT2D eigenvalue weighted by molar-refractivity contribution is -0.137. The summed E-state index contributed by atoms with van der Waals surface area (Å²) in [4.78, 5) is 4.38. The average molecular weight is 513 g/mol. The summed E-state index contributed by atoms with van der Waals surface area (Å²) in [5, 5.41) is 7.97. The highest BCUT2D eigenvalue weighted by molar-refractivity contribution is 6.33. The number of likely N-dealkylation sites (tertiary alicyclic amines) is 1. The molecule has 0 amide bonds. The van der Waals surface area contributed by atoms with E-state index in [2.05, 4.69) is 15.1 Å². The smallest absolute Gasteiger partial charge is 0.381 e. The molecule has 35 heavy (non-hydrogen) atoms. The van der Waals surface area contributed by atoms with E-state index in [9.17, 15) is 17.6 Å². The molecule has 0 unspecified atom stereocenters. The number of anilines is 1. The first-order valence-electron chi connectivity index (χ1n) is 12.1. The normalized spacial score (nSPS) is 25.7. The molecule has 1 aliphatic carbocycles. The van der Waals surface area contributed by atoms with Gasteiger partial charge in [0, 0.05) is 51.5 Å². The summed E-state index contributed by atoms with van der Waals surface area (Å²) in [7, 11) is 1.78. The Morgan fingerprint density at radius 2 is 1.77 bits per heavy atom. The van der Waals surface area contributed by atoms with Crippen LogP contribution in [0.3, 0.4) is 0 Å². The number of rotatable bonds is 5. The molecule has 2 aliphatic heterocycles. The molecule has 10 heteroatoms. The van der Waals surface area contributed by atoms with Crippen molar-refractivity contribution in [2.24, 2.45) is 17.8 Å². The van der Waals surface area contributed by atoms with Crippen molar-refractivity contribution in [2.75, 3.05) is 44.8 Å². The molecule has 0 radical (unpaired) electrons. The predicted octanol–water partition coefficient (Wildman–Crippen LogP) is 5.53. The fourth-order valence-corrected chi connectivity index (χ4v) is 6.17. The third-order valence-corrected chi connectivity index (χ3v) is 8.17. The van der Waals surface area contributed by atoms with E-state index < -0.39 is 23.3 Å². The van der Waals surface area contributed by atoms with Crippen LogP contribution in [0.5, 0.6) is 0 Å². The summed E-state index contributed by atoms with van der Waals surface area (Å²) in [5.74, 6) is 1.26. The molecule has 0 N–H and O–H groups in total. The Bertz CT molecular complexity index is 1050. The third kappa shape index (κ3) is 5.27. The van der Waals surface area contributed by atoms with E-state index in [-0.39, 0.29) is 22.4 Å². The van der Waals surface area contributed by atoms with Crippen molar-refractivity contribution in [1.29, 1.82) is 0 Å². The standard InChI is InChI=1S/C25H29ClF4N4O/c1-33(19-8-16-13-34(14-17(16)9-19)12-15-4-6-35-7-5-15)23-11-21(25(28,29)30)24(32-31-23)20-10-18(27)2-3-22(20)26/h2-3,10-11,15-17,19H,4-9,12-14H2,1H3/t16-,17+,19+. The summed E-state index contributed by atoms with van der Waals surface area (Å²) in [6, 6.07) is 4.38. The quantitative estimate of drug-likeness (QED) is 0.493. The van der Waals surface area contributed by atoms with Gasteiger partial charge in [-0.15, -0.1) is 10.2 Å². The fourth-order valence-electron chi connectivity index (χ4n) is 5.96. The van der Waals surface area contributed by atoms with E-state index >= 15 is 0 Å². The number of ether oxygens (including phenoxy) is 1. The first-order chi connectivity index (χ1) is 16.7. The van der Waals surface area contributed by atoms with Crippen LogP contribution in [-0.2, 0) is 10.9 Å². The van der Waals surface area contributed by atoms with Crippen molar-refractivity contribution in [3.05, 3.63) is 40.7 Å². The first kappa shape index (κ1) is 24.7. The van der Waals surface area contributed by atoms with Crippen LogP contribution in [0.1, 0.15) is 31.2 Å². The van der Waals surface area contributed by atoms with E-state index in [0.717, 1.165) is 76.7 Å². The highest BCUT2D eigenvalue weighted by atomic mass is 35.5. The van der Waals surface area contributed by atoms with E-state index in [0.29, 0.717) is 17.8 Å².